The van der Waals surface area contributed by atoms with Crippen molar-refractivity contribution in [3.63, 3.8) is 0 Å². The normalized spacial score (nSPS) is 10.3. The zero-order valence-corrected chi connectivity index (χ0v) is 18.0. The minimum atomic E-state index is -0.367. The molecule has 0 unspecified atom stereocenters. The number of hydrogen-bond acceptors (Lipinski definition) is 3. The van der Waals surface area contributed by atoms with E-state index in [1.165, 1.54) is 12.1 Å². The van der Waals surface area contributed by atoms with Crippen LogP contribution in [0.1, 0.15) is 15.9 Å². The third kappa shape index (κ3) is 6.08. The Bertz CT molecular complexity index is 1030. The lowest BCUT2D eigenvalue weighted by molar-refractivity contribution is 0.0977. The van der Waals surface area contributed by atoms with Gasteiger partial charge in [0.15, 0.2) is 5.11 Å². The molecule has 148 valence electrons. The lowest BCUT2D eigenvalue weighted by atomic mass is 10.2. The molecule has 0 fully saturated rings. The van der Waals surface area contributed by atoms with Crippen molar-refractivity contribution in [1.82, 2.24) is 5.32 Å². The number of hydrogen-bond donors (Lipinski definition) is 2. The quantitative estimate of drug-likeness (QED) is 0.340. The molecule has 0 aliphatic heterocycles. The lowest BCUT2D eigenvalue weighted by Crippen LogP contribution is -2.34. The molecule has 4 nitrogen and oxygen atoms in total. The highest BCUT2D eigenvalue weighted by Gasteiger charge is 2.11. The first kappa shape index (κ1) is 21.4. The van der Waals surface area contributed by atoms with E-state index in [1.54, 1.807) is 24.3 Å². The summed E-state index contributed by atoms with van der Waals surface area (Å²) in [6.45, 7) is 0.449. The molecule has 0 bridgehead atoms. The van der Waals surface area contributed by atoms with Crippen LogP contribution in [0.5, 0.6) is 5.75 Å². The van der Waals surface area contributed by atoms with Crippen LogP contribution in [-0.4, -0.2) is 11.0 Å². The third-order valence-electron chi connectivity index (χ3n) is 3.85. The summed E-state index contributed by atoms with van der Waals surface area (Å²) in [5, 5.41) is 6.47. The molecular formula is C21H15Cl3N2O2S. The van der Waals surface area contributed by atoms with E-state index in [2.05, 4.69) is 10.6 Å². The Hall–Kier alpha value is -2.31. The van der Waals surface area contributed by atoms with Crippen molar-refractivity contribution in [2.75, 3.05) is 5.32 Å². The first-order valence-corrected chi connectivity index (χ1v) is 10.0. The van der Waals surface area contributed by atoms with Crippen LogP contribution in [0.15, 0.2) is 66.7 Å². The number of ether oxygens (including phenoxy) is 1. The molecule has 0 saturated carbocycles. The number of carbonyl (C=O) groups is 1. The molecule has 3 aromatic carbocycles. The maximum atomic E-state index is 12.4. The molecule has 29 heavy (non-hydrogen) atoms. The predicted octanol–water partition coefficient (Wildman–Crippen LogP) is 6.35. The van der Waals surface area contributed by atoms with E-state index in [1.807, 2.05) is 30.3 Å². The fourth-order valence-corrected chi connectivity index (χ4v) is 3.19. The van der Waals surface area contributed by atoms with Crippen LogP contribution in [0.2, 0.25) is 15.1 Å². The van der Waals surface area contributed by atoms with Crippen LogP contribution in [0.25, 0.3) is 0 Å². The smallest absolute Gasteiger partial charge is 0.257 e. The minimum Gasteiger partial charge on any atom is -0.489 e. The first-order chi connectivity index (χ1) is 13.9. The van der Waals surface area contributed by atoms with Crippen molar-refractivity contribution in [3.8, 4) is 5.75 Å². The molecule has 0 aliphatic rings. The monoisotopic (exact) mass is 464 g/mol. The van der Waals surface area contributed by atoms with Crippen LogP contribution in [0, 0.1) is 0 Å². The Balaban J connectivity index is 1.56. The Morgan fingerprint density at radius 1 is 0.897 bits per heavy atom. The maximum Gasteiger partial charge on any atom is 0.257 e. The molecule has 2 N–H and O–H groups in total. The summed E-state index contributed by atoms with van der Waals surface area (Å²) in [5.41, 5.74) is 1.93. The molecule has 0 radical (unpaired) electrons. The van der Waals surface area contributed by atoms with Gasteiger partial charge in [-0.05, 0) is 54.2 Å². The van der Waals surface area contributed by atoms with Crippen LogP contribution in [0.4, 0.5) is 5.69 Å². The van der Waals surface area contributed by atoms with Crippen molar-refractivity contribution in [2.24, 2.45) is 0 Å². The SMILES string of the molecule is O=C(NC(=S)Nc1cc(Cl)c(Cl)cc1Cl)c1ccc(OCc2ccccc2)cc1. The van der Waals surface area contributed by atoms with E-state index in [-0.39, 0.29) is 11.0 Å². The molecule has 3 rings (SSSR count). The fraction of sp³-hybridized carbons (Fsp3) is 0.0476. The van der Waals surface area contributed by atoms with Crippen molar-refractivity contribution in [2.45, 2.75) is 6.61 Å². The zero-order valence-electron chi connectivity index (χ0n) is 14.9. The van der Waals surface area contributed by atoms with Gasteiger partial charge in [0.25, 0.3) is 5.91 Å². The summed E-state index contributed by atoms with van der Waals surface area (Å²) < 4.78 is 5.71. The van der Waals surface area contributed by atoms with Gasteiger partial charge in [-0.25, -0.2) is 0 Å². The Labute approximate surface area is 188 Å². The van der Waals surface area contributed by atoms with Gasteiger partial charge in [-0.3, -0.25) is 10.1 Å². The van der Waals surface area contributed by atoms with E-state index in [9.17, 15) is 4.79 Å². The van der Waals surface area contributed by atoms with Gasteiger partial charge < -0.3 is 10.1 Å². The van der Waals surface area contributed by atoms with Crippen LogP contribution in [0.3, 0.4) is 0 Å². The predicted molar refractivity (Wildman–Crippen MR) is 122 cm³/mol. The highest BCUT2D eigenvalue weighted by molar-refractivity contribution is 7.80. The number of carbonyl (C=O) groups excluding carboxylic acids is 1. The van der Waals surface area contributed by atoms with Crippen LogP contribution in [-0.2, 0) is 6.61 Å². The average molecular weight is 466 g/mol. The highest BCUT2D eigenvalue weighted by atomic mass is 35.5. The van der Waals surface area contributed by atoms with Crippen molar-refractivity contribution in [1.29, 1.82) is 0 Å². The van der Waals surface area contributed by atoms with Gasteiger partial charge in [0.05, 0.1) is 20.8 Å². The number of anilines is 1. The summed E-state index contributed by atoms with van der Waals surface area (Å²) in [7, 11) is 0. The second-order valence-electron chi connectivity index (χ2n) is 5.95. The van der Waals surface area contributed by atoms with Crippen molar-refractivity contribution >= 4 is 63.7 Å². The minimum absolute atomic E-state index is 0.0830. The molecular weight excluding hydrogens is 451 g/mol. The number of benzene rings is 3. The van der Waals surface area contributed by atoms with E-state index in [4.69, 9.17) is 51.8 Å². The topological polar surface area (TPSA) is 50.4 Å². The Morgan fingerprint density at radius 3 is 2.24 bits per heavy atom. The number of halogens is 3. The first-order valence-electron chi connectivity index (χ1n) is 8.46. The Kier molecular flexibility index (Phi) is 7.34. The Morgan fingerprint density at radius 2 is 1.55 bits per heavy atom. The number of rotatable bonds is 5. The summed E-state index contributed by atoms with van der Waals surface area (Å²) in [6.07, 6.45) is 0. The van der Waals surface area contributed by atoms with Gasteiger partial charge in [0.1, 0.15) is 12.4 Å². The zero-order chi connectivity index (χ0) is 20.8. The highest BCUT2D eigenvalue weighted by Crippen LogP contribution is 2.32. The van der Waals surface area contributed by atoms with Crippen molar-refractivity contribution < 1.29 is 9.53 Å². The van der Waals surface area contributed by atoms with Gasteiger partial charge in [0.2, 0.25) is 0 Å². The summed E-state index contributed by atoms with van der Waals surface area (Å²) >= 11 is 23.1. The molecule has 1 amide bonds. The average Bonchev–Trinajstić information content (AvgIpc) is 2.71. The molecule has 0 aromatic heterocycles. The van der Waals surface area contributed by atoms with Gasteiger partial charge in [-0.15, -0.1) is 0 Å². The lowest BCUT2D eigenvalue weighted by Gasteiger charge is -2.12. The van der Waals surface area contributed by atoms with Crippen LogP contribution >= 0.6 is 47.0 Å². The number of nitrogens with one attached hydrogen (secondary N) is 2. The molecule has 0 atom stereocenters. The molecule has 0 heterocycles. The van der Waals surface area contributed by atoms with E-state index in [0.717, 1.165) is 5.56 Å². The molecule has 0 saturated heterocycles. The standard InChI is InChI=1S/C21H15Cl3N2O2S/c22-16-10-18(24)19(11-17(16)23)25-21(29)26-20(27)14-6-8-15(9-7-14)28-12-13-4-2-1-3-5-13/h1-11H,12H2,(H2,25,26,27,29). The number of thiocarbonyl (C=S) groups is 1. The maximum absolute atomic E-state index is 12.4. The molecule has 0 aliphatic carbocycles. The summed E-state index contributed by atoms with van der Waals surface area (Å²) in [4.78, 5) is 12.4. The van der Waals surface area contributed by atoms with Gasteiger partial charge in [-0.1, -0.05) is 65.1 Å². The fourth-order valence-electron chi connectivity index (χ4n) is 2.39. The second-order valence-corrected chi connectivity index (χ2v) is 7.58. The van der Waals surface area contributed by atoms with Gasteiger partial charge in [0, 0.05) is 5.56 Å². The molecule has 8 heteroatoms. The van der Waals surface area contributed by atoms with E-state index >= 15 is 0 Å². The third-order valence-corrected chi connectivity index (χ3v) is 5.09. The van der Waals surface area contributed by atoms with Gasteiger partial charge in [-0.2, -0.15) is 0 Å². The summed E-state index contributed by atoms with van der Waals surface area (Å²) in [6, 6.07) is 19.6. The van der Waals surface area contributed by atoms with E-state index < -0.39 is 0 Å². The molecule has 0 spiro atoms. The van der Waals surface area contributed by atoms with E-state index in [0.29, 0.717) is 38.7 Å². The molecule has 3 aromatic rings. The second kappa shape index (κ2) is 9.94. The summed E-state index contributed by atoms with van der Waals surface area (Å²) in [5.74, 6) is 0.294. The van der Waals surface area contributed by atoms with Crippen LogP contribution < -0.4 is 15.4 Å². The van der Waals surface area contributed by atoms with Gasteiger partial charge >= 0.3 is 0 Å². The number of amides is 1. The van der Waals surface area contributed by atoms with Crippen molar-refractivity contribution in [3.05, 3.63) is 92.9 Å². The largest absolute Gasteiger partial charge is 0.489 e.